The number of aliphatic hydroxyl groups excluding tert-OH is 2. The smallest absolute Gasteiger partial charge is 0.336 e. The van der Waals surface area contributed by atoms with E-state index < -0.39 is 16.3 Å². The summed E-state index contributed by atoms with van der Waals surface area (Å²) in [5.41, 5.74) is 0. The number of hydrogen-bond acceptors (Lipinski definition) is 8. The molecule has 0 bridgehead atoms. The second-order valence-corrected chi connectivity index (χ2v) is 16.8. The number of hydrogen-bond donors (Lipinski definition) is 3. The highest BCUT2D eigenvalue weighted by Crippen LogP contribution is 2.12. The monoisotopic (exact) mass is 803 g/mol. The van der Waals surface area contributed by atoms with Crippen LogP contribution in [0.1, 0.15) is 194 Å². The molecule has 55 heavy (non-hydrogen) atoms. The molecule has 0 saturated carbocycles. The van der Waals surface area contributed by atoms with Crippen molar-refractivity contribution in [1.29, 1.82) is 0 Å². The average Bonchev–Trinajstić information content (AvgIpc) is 3.16. The zero-order valence-corrected chi connectivity index (χ0v) is 36.9. The Morgan fingerprint density at radius 1 is 0.491 bits per heavy atom. The molecule has 0 heterocycles. The summed E-state index contributed by atoms with van der Waals surface area (Å²) in [5, 5.41) is 18.4. The molecule has 0 aliphatic carbocycles. The van der Waals surface area contributed by atoms with Gasteiger partial charge in [0.15, 0.2) is 0 Å². The van der Waals surface area contributed by atoms with E-state index >= 15 is 0 Å². The summed E-state index contributed by atoms with van der Waals surface area (Å²) >= 11 is 0. The minimum absolute atomic E-state index is 0.0737. The standard InChI is InChI=1S/C45H90N2O7S/c1-3-5-7-9-11-13-15-17-19-21-23-25-27-29-31-33-40-52-43-45(46-55(50,51)54-42-37-47(35-38-48)36-39-49)44-53-41-34-32-30-28-26-24-22-20-18-16-14-12-10-8-6-4-2/h17-20,45-46,48-49H,3-16,21-44H2,1-2H3. The molecule has 0 spiro atoms. The summed E-state index contributed by atoms with van der Waals surface area (Å²) in [5.74, 6) is 0. The first-order chi connectivity index (χ1) is 27.0. The second kappa shape index (κ2) is 44.3. The van der Waals surface area contributed by atoms with Gasteiger partial charge < -0.3 is 19.7 Å². The fourth-order valence-electron chi connectivity index (χ4n) is 6.60. The van der Waals surface area contributed by atoms with Gasteiger partial charge in [0.1, 0.15) is 0 Å². The molecule has 10 heteroatoms. The third-order valence-electron chi connectivity index (χ3n) is 10.0. The SMILES string of the molecule is CCCCCCCCC=CCCCCCCCCOCC(COCCCCCCCCC=CCCCCCCCC)NS(=O)(=O)OCCN(CCO)CCO. The molecule has 3 N–H and O–H groups in total. The van der Waals surface area contributed by atoms with E-state index in [2.05, 4.69) is 42.9 Å². The Morgan fingerprint density at radius 2 is 0.836 bits per heavy atom. The largest absolute Gasteiger partial charge is 0.395 e. The fourth-order valence-corrected chi connectivity index (χ4v) is 7.51. The Bertz CT molecular complexity index is 867. The molecule has 328 valence electrons. The van der Waals surface area contributed by atoms with E-state index in [9.17, 15) is 18.6 Å². The third-order valence-corrected chi connectivity index (χ3v) is 11.1. The summed E-state index contributed by atoms with van der Waals surface area (Å²) in [7, 11) is -4.03. The first-order valence-corrected chi connectivity index (χ1v) is 24.5. The molecule has 0 fully saturated rings. The summed E-state index contributed by atoms with van der Waals surface area (Å²) in [6.07, 6.45) is 44.6. The van der Waals surface area contributed by atoms with Crippen molar-refractivity contribution >= 4 is 10.3 Å². The van der Waals surface area contributed by atoms with Crippen molar-refractivity contribution in [2.75, 3.05) is 65.9 Å². The molecule has 0 aromatic rings. The lowest BCUT2D eigenvalue weighted by Gasteiger charge is -2.21. The van der Waals surface area contributed by atoms with Crippen LogP contribution in [-0.2, 0) is 24.0 Å². The van der Waals surface area contributed by atoms with E-state index in [0.29, 0.717) is 26.3 Å². The van der Waals surface area contributed by atoms with E-state index in [-0.39, 0.29) is 39.6 Å². The Hall–Kier alpha value is -0.850. The van der Waals surface area contributed by atoms with Crippen LogP contribution in [0.5, 0.6) is 0 Å². The number of aliphatic hydroxyl groups is 2. The van der Waals surface area contributed by atoms with Crippen molar-refractivity contribution in [3.8, 4) is 0 Å². The number of unbranched alkanes of at least 4 members (excludes halogenated alkanes) is 24. The van der Waals surface area contributed by atoms with E-state index in [1.54, 1.807) is 4.90 Å². The first-order valence-electron chi connectivity index (χ1n) is 23.0. The highest BCUT2D eigenvalue weighted by atomic mass is 32.2. The average molecular weight is 803 g/mol. The molecule has 0 radical (unpaired) electrons. The number of allylic oxidation sites excluding steroid dienone is 4. The van der Waals surface area contributed by atoms with Crippen LogP contribution in [0.4, 0.5) is 0 Å². The van der Waals surface area contributed by atoms with Crippen molar-refractivity contribution in [3.05, 3.63) is 24.3 Å². The predicted octanol–water partition coefficient (Wildman–Crippen LogP) is 10.6. The van der Waals surface area contributed by atoms with Gasteiger partial charge in [0, 0.05) is 32.8 Å². The minimum atomic E-state index is -4.03. The number of nitrogens with zero attached hydrogens (tertiary/aromatic N) is 1. The van der Waals surface area contributed by atoms with Crippen LogP contribution in [0.3, 0.4) is 0 Å². The predicted molar refractivity (Wildman–Crippen MR) is 233 cm³/mol. The Balaban J connectivity index is 4.25. The number of ether oxygens (including phenoxy) is 2. The molecule has 9 nitrogen and oxygen atoms in total. The topological polar surface area (TPSA) is 118 Å². The molecule has 0 aromatic carbocycles. The first kappa shape index (κ1) is 54.2. The van der Waals surface area contributed by atoms with Gasteiger partial charge >= 0.3 is 10.3 Å². The third kappa shape index (κ3) is 42.6. The molecule has 0 aliphatic heterocycles. The zero-order valence-electron chi connectivity index (χ0n) is 36.0. The fraction of sp³-hybridized carbons (Fsp3) is 0.911. The summed E-state index contributed by atoms with van der Waals surface area (Å²) in [6.45, 7) is 6.90. The zero-order chi connectivity index (χ0) is 40.2. The van der Waals surface area contributed by atoms with Gasteiger partial charge in [-0.3, -0.25) is 9.08 Å². The van der Waals surface area contributed by atoms with Crippen LogP contribution in [0.25, 0.3) is 0 Å². The van der Waals surface area contributed by atoms with Crippen LogP contribution in [-0.4, -0.2) is 95.5 Å². The van der Waals surface area contributed by atoms with Gasteiger partial charge in [-0.1, -0.05) is 154 Å². The van der Waals surface area contributed by atoms with Crippen molar-refractivity contribution in [3.63, 3.8) is 0 Å². The molecule has 0 saturated heterocycles. The van der Waals surface area contributed by atoms with Crippen LogP contribution >= 0.6 is 0 Å². The molecule has 0 atom stereocenters. The molecule has 0 aliphatic rings. The van der Waals surface area contributed by atoms with Crippen molar-refractivity contribution in [2.45, 2.75) is 200 Å². The van der Waals surface area contributed by atoms with Gasteiger partial charge in [0.2, 0.25) is 0 Å². The van der Waals surface area contributed by atoms with Crippen molar-refractivity contribution in [1.82, 2.24) is 9.62 Å². The quantitative estimate of drug-likeness (QED) is 0.0411. The summed E-state index contributed by atoms with van der Waals surface area (Å²) < 4.78 is 45.2. The number of rotatable bonds is 46. The van der Waals surface area contributed by atoms with Gasteiger partial charge in [-0.15, -0.1) is 0 Å². The lowest BCUT2D eigenvalue weighted by molar-refractivity contribution is 0.0582. The maximum Gasteiger partial charge on any atom is 0.336 e. The Morgan fingerprint density at radius 3 is 1.20 bits per heavy atom. The van der Waals surface area contributed by atoms with Crippen LogP contribution in [0.2, 0.25) is 0 Å². The van der Waals surface area contributed by atoms with Gasteiger partial charge in [-0.2, -0.15) is 13.1 Å². The highest BCUT2D eigenvalue weighted by molar-refractivity contribution is 7.84. The van der Waals surface area contributed by atoms with Crippen LogP contribution in [0, 0.1) is 0 Å². The van der Waals surface area contributed by atoms with Gasteiger partial charge in [0.25, 0.3) is 0 Å². The maximum absolute atomic E-state index is 12.8. The van der Waals surface area contributed by atoms with Gasteiger partial charge in [0.05, 0.1) is 39.1 Å². The van der Waals surface area contributed by atoms with Crippen LogP contribution in [0.15, 0.2) is 24.3 Å². The molecule has 0 amide bonds. The van der Waals surface area contributed by atoms with E-state index in [1.807, 2.05) is 0 Å². The Labute approximate surface area is 341 Å². The number of nitrogens with one attached hydrogen (secondary N) is 1. The molecule has 0 aromatic heterocycles. The maximum atomic E-state index is 12.8. The Kier molecular flexibility index (Phi) is 43.6. The van der Waals surface area contributed by atoms with Gasteiger partial charge in [-0.05, 0) is 64.2 Å². The van der Waals surface area contributed by atoms with E-state index in [4.69, 9.17) is 13.7 Å². The van der Waals surface area contributed by atoms with Crippen LogP contribution < -0.4 is 4.72 Å². The van der Waals surface area contributed by atoms with Gasteiger partial charge in [-0.25, -0.2) is 0 Å². The lowest BCUT2D eigenvalue weighted by atomic mass is 10.1. The van der Waals surface area contributed by atoms with E-state index in [1.165, 1.54) is 154 Å². The lowest BCUT2D eigenvalue weighted by Crippen LogP contribution is -2.43. The summed E-state index contributed by atoms with van der Waals surface area (Å²) in [6, 6.07) is -0.542. The second-order valence-electron chi connectivity index (χ2n) is 15.4. The minimum Gasteiger partial charge on any atom is -0.395 e. The molecule has 0 unspecified atom stereocenters. The highest BCUT2D eigenvalue weighted by Gasteiger charge is 2.20. The van der Waals surface area contributed by atoms with Crippen molar-refractivity contribution in [2.24, 2.45) is 0 Å². The molecular weight excluding hydrogens is 713 g/mol. The van der Waals surface area contributed by atoms with Crippen molar-refractivity contribution < 1.29 is 32.3 Å². The molecular formula is C45H90N2O7S. The summed E-state index contributed by atoms with van der Waals surface area (Å²) in [4.78, 5) is 1.75. The normalized spacial score (nSPS) is 13.0. The molecule has 0 rings (SSSR count). The van der Waals surface area contributed by atoms with E-state index in [0.717, 1.165) is 25.7 Å².